The monoisotopic (exact) mass is 314 g/mol. The largest absolute Gasteiger partial charge is 0.481 e. The number of carboxylic acids is 4. The van der Waals surface area contributed by atoms with Gasteiger partial charge in [0.1, 0.15) is 0 Å². The molecule has 0 heterocycles. The minimum Gasteiger partial charge on any atom is -0.481 e. The van der Waals surface area contributed by atoms with Gasteiger partial charge >= 0.3 is 0 Å². The molecule has 0 aromatic rings. The first kappa shape index (κ1) is 42.9. The summed E-state index contributed by atoms with van der Waals surface area (Å²) < 4.78 is 0. The summed E-state index contributed by atoms with van der Waals surface area (Å²) in [5.74, 6) is -3.33. The van der Waals surface area contributed by atoms with Crippen molar-refractivity contribution < 1.29 is 39.6 Å². The third-order valence-corrected chi connectivity index (χ3v) is 0.167. The fourth-order valence-electron chi connectivity index (χ4n) is 0. The Morgan fingerprint density at radius 1 is 0.591 bits per heavy atom. The van der Waals surface area contributed by atoms with Crippen molar-refractivity contribution in [2.24, 2.45) is 11.5 Å². The number of nitrogens with two attached hydrogens (primary N) is 2. The fraction of sp³-hybridized carbons (Fsp3) is 0.600. The van der Waals surface area contributed by atoms with Crippen molar-refractivity contribution in [3.8, 4) is 0 Å². The molecule has 0 aromatic carbocycles. The van der Waals surface area contributed by atoms with E-state index >= 15 is 0 Å². The van der Waals surface area contributed by atoms with Crippen molar-refractivity contribution in [2.45, 2.75) is 27.7 Å². The van der Waals surface area contributed by atoms with Gasteiger partial charge in [-0.05, 0) is 0 Å². The second-order valence-electron chi connectivity index (χ2n) is 2.65. The number of aliphatic carboxylic acids is 4. The summed E-state index contributed by atoms with van der Waals surface area (Å²) in [5.41, 5.74) is 9.81. The van der Waals surface area contributed by atoms with Crippen molar-refractivity contribution in [3.63, 3.8) is 0 Å². The molecule has 2 radical (unpaired) electrons. The van der Waals surface area contributed by atoms with Crippen LogP contribution < -0.4 is 11.5 Å². The number of carbonyl (C=O) groups is 4. The van der Waals surface area contributed by atoms with Gasteiger partial charge in [0.15, 0.2) is 0 Å². The van der Waals surface area contributed by atoms with Crippen LogP contribution >= 0.6 is 0 Å². The Bertz CT molecular complexity index is 199. The number of carboxylic acid groups (broad SMARTS) is 4. The predicted octanol–water partition coefficient (Wildman–Crippen LogP) is -1.49. The van der Waals surface area contributed by atoms with Gasteiger partial charge in [0.2, 0.25) is 0 Å². The molecule has 0 rings (SSSR count). The predicted molar refractivity (Wildman–Crippen MR) is 82.9 cm³/mol. The summed E-state index contributed by atoms with van der Waals surface area (Å²) in [6, 6.07) is 0. The van der Waals surface area contributed by atoms with Crippen LogP contribution in [0.4, 0.5) is 0 Å². The molecule has 0 bridgehead atoms. The van der Waals surface area contributed by atoms with Crippen molar-refractivity contribution in [3.05, 3.63) is 0 Å². The van der Waals surface area contributed by atoms with E-state index in [1.807, 2.05) is 0 Å². The zero-order chi connectivity index (χ0) is 17.7. The maximum Gasteiger partial charge on any atom is 0.300 e. The zero-order valence-electron chi connectivity index (χ0n) is 14.0. The standard InChI is InChI=1S/C2H8N2.4C2H4O2.2Li/c3-1-2-4;4*1-2(3)4;;/h1-4H2;4*1H3,(H,3,4);;. The van der Waals surface area contributed by atoms with Crippen LogP contribution in [0.5, 0.6) is 0 Å². The van der Waals surface area contributed by atoms with E-state index in [9.17, 15) is 0 Å². The van der Waals surface area contributed by atoms with Gasteiger partial charge in [-0.2, -0.15) is 0 Å². The summed E-state index contributed by atoms with van der Waals surface area (Å²) in [6.45, 7) is 5.53. The van der Waals surface area contributed by atoms with Gasteiger partial charge in [0, 0.05) is 78.5 Å². The fourth-order valence-corrected chi connectivity index (χ4v) is 0. The first-order valence-electron chi connectivity index (χ1n) is 5.03. The van der Waals surface area contributed by atoms with E-state index in [4.69, 9.17) is 51.1 Å². The SMILES string of the molecule is CC(=O)O.CC(=O)O.CC(=O)O.CC(=O)O.NCCN.[Li].[Li]. The maximum absolute atomic E-state index is 9.00. The average molecular weight is 314 g/mol. The molecule has 0 aliphatic heterocycles. The molecule has 0 unspecified atom stereocenters. The first-order valence-corrected chi connectivity index (χ1v) is 5.03. The van der Waals surface area contributed by atoms with Crippen LogP contribution in [0.15, 0.2) is 0 Å². The minimum atomic E-state index is -0.833. The van der Waals surface area contributed by atoms with Gasteiger partial charge in [-0.3, -0.25) is 19.2 Å². The molecule has 8 N–H and O–H groups in total. The van der Waals surface area contributed by atoms with E-state index in [1.54, 1.807) is 0 Å². The molecule has 0 aliphatic rings. The molecule has 22 heavy (non-hydrogen) atoms. The van der Waals surface area contributed by atoms with Crippen molar-refractivity contribution in [1.29, 1.82) is 0 Å². The molecule has 0 fully saturated rings. The second kappa shape index (κ2) is 42.7. The zero-order valence-corrected chi connectivity index (χ0v) is 14.0. The van der Waals surface area contributed by atoms with Crippen molar-refractivity contribution >= 4 is 61.6 Å². The van der Waals surface area contributed by atoms with Crippen LogP contribution in [0.1, 0.15) is 27.7 Å². The van der Waals surface area contributed by atoms with Crippen LogP contribution in [0.3, 0.4) is 0 Å². The quantitative estimate of drug-likeness (QED) is 0.309. The normalized spacial score (nSPS) is 5.91. The molecule has 12 heteroatoms. The summed E-state index contributed by atoms with van der Waals surface area (Å²) in [6.07, 6.45) is 0. The summed E-state index contributed by atoms with van der Waals surface area (Å²) in [5, 5.41) is 29.7. The molecule has 0 aromatic heterocycles. The van der Waals surface area contributed by atoms with E-state index in [0.29, 0.717) is 13.1 Å². The second-order valence-corrected chi connectivity index (χ2v) is 2.65. The average Bonchev–Trinajstić information content (AvgIpc) is 2.13. The molecular formula is C10H24Li2N2O8. The van der Waals surface area contributed by atoms with Gasteiger partial charge in [-0.1, -0.05) is 0 Å². The first-order chi connectivity index (χ1) is 8.84. The molecule has 0 spiro atoms. The Hall–Kier alpha value is -1.01. The van der Waals surface area contributed by atoms with Crippen LogP contribution in [0, 0.1) is 0 Å². The summed E-state index contributed by atoms with van der Waals surface area (Å²) in [7, 11) is 0. The number of hydrogen-bond acceptors (Lipinski definition) is 6. The van der Waals surface area contributed by atoms with E-state index in [1.165, 1.54) is 0 Å². The Morgan fingerprint density at radius 3 is 0.636 bits per heavy atom. The van der Waals surface area contributed by atoms with Gasteiger partial charge in [-0.25, -0.2) is 0 Å². The molecule has 0 atom stereocenters. The molecule has 0 amide bonds. The van der Waals surface area contributed by atoms with E-state index in [-0.39, 0.29) is 37.7 Å². The van der Waals surface area contributed by atoms with E-state index < -0.39 is 23.9 Å². The Labute approximate surface area is 153 Å². The summed E-state index contributed by atoms with van der Waals surface area (Å²) in [4.78, 5) is 36.0. The molecule has 10 nitrogen and oxygen atoms in total. The molecular weight excluding hydrogens is 290 g/mol. The Kier molecular flexibility index (Phi) is 83.2. The van der Waals surface area contributed by atoms with E-state index in [0.717, 1.165) is 27.7 Å². The van der Waals surface area contributed by atoms with Crippen molar-refractivity contribution in [2.75, 3.05) is 13.1 Å². The third kappa shape index (κ3) is 228000000. The van der Waals surface area contributed by atoms with Crippen LogP contribution in [-0.2, 0) is 19.2 Å². The molecule has 0 aliphatic carbocycles. The van der Waals surface area contributed by atoms with E-state index in [2.05, 4.69) is 0 Å². The topological polar surface area (TPSA) is 201 Å². The van der Waals surface area contributed by atoms with Crippen LogP contribution in [0.2, 0.25) is 0 Å². The third-order valence-electron chi connectivity index (χ3n) is 0.167. The maximum atomic E-state index is 9.00. The molecule has 0 saturated heterocycles. The Balaban J connectivity index is -0.0000000250. The molecule has 124 valence electrons. The van der Waals surface area contributed by atoms with Gasteiger partial charge in [0.25, 0.3) is 23.9 Å². The van der Waals surface area contributed by atoms with Crippen LogP contribution in [-0.4, -0.2) is 95.1 Å². The number of hydrogen-bond donors (Lipinski definition) is 6. The molecule has 0 saturated carbocycles. The summed E-state index contributed by atoms with van der Waals surface area (Å²) >= 11 is 0. The smallest absolute Gasteiger partial charge is 0.300 e. The van der Waals surface area contributed by atoms with Crippen molar-refractivity contribution in [1.82, 2.24) is 0 Å². The van der Waals surface area contributed by atoms with Gasteiger partial charge in [0.05, 0.1) is 0 Å². The number of rotatable bonds is 1. The van der Waals surface area contributed by atoms with Crippen LogP contribution in [0.25, 0.3) is 0 Å². The van der Waals surface area contributed by atoms with Gasteiger partial charge < -0.3 is 31.9 Å². The van der Waals surface area contributed by atoms with Gasteiger partial charge in [-0.15, -0.1) is 0 Å². The minimum absolute atomic E-state index is 0. The Morgan fingerprint density at radius 2 is 0.636 bits per heavy atom.